The first kappa shape index (κ1) is 21.8. The van der Waals surface area contributed by atoms with Gasteiger partial charge in [-0.2, -0.15) is 4.31 Å². The second-order valence-electron chi connectivity index (χ2n) is 7.96. The molecule has 6 nitrogen and oxygen atoms in total. The minimum atomic E-state index is -3.74. The largest absolute Gasteiger partial charge is 0.280 e. The van der Waals surface area contributed by atoms with E-state index >= 15 is 0 Å². The van der Waals surface area contributed by atoms with Crippen LogP contribution in [-0.4, -0.2) is 34.2 Å². The van der Waals surface area contributed by atoms with Gasteiger partial charge in [0.1, 0.15) is 0 Å². The standard InChI is InChI=1S/C21H28N2O4S2/c1-16(2)18-6-10-20(11-7-18)28(24,25)22-19-8-12-21(13-9-19)29(26,27)23-14-4-5-17(3)15-23/h6-13,16-17,22H,4-5,14-15H2,1-3H3. The number of rotatable bonds is 6. The van der Waals surface area contributed by atoms with Crippen LogP contribution in [0.25, 0.3) is 0 Å². The normalized spacial score (nSPS) is 18.7. The van der Waals surface area contributed by atoms with Gasteiger partial charge in [-0.3, -0.25) is 4.72 Å². The summed E-state index contributed by atoms with van der Waals surface area (Å²) in [5.74, 6) is 0.656. The molecular formula is C21H28N2O4S2. The van der Waals surface area contributed by atoms with E-state index in [-0.39, 0.29) is 9.79 Å². The topological polar surface area (TPSA) is 83.6 Å². The van der Waals surface area contributed by atoms with Gasteiger partial charge in [0.05, 0.1) is 9.79 Å². The Morgan fingerprint density at radius 3 is 2.07 bits per heavy atom. The number of anilines is 1. The molecule has 2 aromatic rings. The zero-order chi connectivity index (χ0) is 21.2. The van der Waals surface area contributed by atoms with Gasteiger partial charge in [0, 0.05) is 18.8 Å². The molecule has 8 heteroatoms. The van der Waals surface area contributed by atoms with Gasteiger partial charge in [0.15, 0.2) is 0 Å². The number of hydrogen-bond donors (Lipinski definition) is 1. The molecule has 1 heterocycles. The number of nitrogens with one attached hydrogen (secondary N) is 1. The van der Waals surface area contributed by atoms with Crippen molar-refractivity contribution >= 4 is 25.7 Å². The van der Waals surface area contributed by atoms with Gasteiger partial charge >= 0.3 is 0 Å². The van der Waals surface area contributed by atoms with Crippen molar-refractivity contribution in [3.63, 3.8) is 0 Å². The van der Waals surface area contributed by atoms with Gasteiger partial charge in [-0.1, -0.05) is 32.9 Å². The number of hydrogen-bond acceptors (Lipinski definition) is 4. The first-order chi connectivity index (χ1) is 13.6. The van der Waals surface area contributed by atoms with Crippen molar-refractivity contribution in [2.24, 2.45) is 5.92 Å². The van der Waals surface area contributed by atoms with Gasteiger partial charge in [-0.05, 0) is 66.6 Å². The zero-order valence-corrected chi connectivity index (χ0v) is 18.6. The minimum Gasteiger partial charge on any atom is -0.280 e. The maximum Gasteiger partial charge on any atom is 0.261 e. The van der Waals surface area contributed by atoms with Gasteiger partial charge < -0.3 is 0 Å². The Hall–Kier alpha value is -1.90. The summed E-state index contributed by atoms with van der Waals surface area (Å²) in [5.41, 5.74) is 1.38. The molecule has 0 aromatic heterocycles. The molecule has 1 aliphatic heterocycles. The summed E-state index contributed by atoms with van der Waals surface area (Å²) in [6, 6.07) is 12.6. The summed E-state index contributed by atoms with van der Waals surface area (Å²) in [6.07, 6.45) is 1.89. The lowest BCUT2D eigenvalue weighted by atomic mass is 10.0. The molecule has 1 N–H and O–H groups in total. The Morgan fingerprint density at radius 2 is 1.52 bits per heavy atom. The third-order valence-corrected chi connectivity index (χ3v) is 8.50. The van der Waals surface area contributed by atoms with Gasteiger partial charge in [0.2, 0.25) is 10.0 Å². The molecule has 0 bridgehead atoms. The molecule has 3 rings (SSSR count). The average molecular weight is 437 g/mol. The highest BCUT2D eigenvalue weighted by atomic mass is 32.2. The van der Waals surface area contributed by atoms with Crippen LogP contribution in [0.1, 0.15) is 45.1 Å². The molecule has 1 unspecified atom stereocenters. The summed E-state index contributed by atoms with van der Waals surface area (Å²) in [4.78, 5) is 0.344. The molecule has 0 aliphatic carbocycles. The van der Waals surface area contributed by atoms with Crippen molar-refractivity contribution in [2.45, 2.75) is 49.3 Å². The molecule has 1 saturated heterocycles. The quantitative estimate of drug-likeness (QED) is 0.741. The van der Waals surface area contributed by atoms with Crippen LogP contribution in [0.2, 0.25) is 0 Å². The number of piperidine rings is 1. The maximum atomic E-state index is 12.8. The molecule has 0 saturated carbocycles. The van der Waals surface area contributed by atoms with E-state index in [4.69, 9.17) is 0 Å². The molecule has 158 valence electrons. The Balaban J connectivity index is 1.76. The van der Waals surface area contributed by atoms with E-state index in [1.54, 1.807) is 24.3 Å². The van der Waals surface area contributed by atoms with E-state index < -0.39 is 20.0 Å². The van der Waals surface area contributed by atoms with Crippen molar-refractivity contribution in [1.29, 1.82) is 0 Å². The second-order valence-corrected chi connectivity index (χ2v) is 11.6. The van der Waals surface area contributed by atoms with Crippen molar-refractivity contribution in [2.75, 3.05) is 17.8 Å². The van der Waals surface area contributed by atoms with Crippen LogP contribution in [0, 0.1) is 5.92 Å². The number of nitrogens with zero attached hydrogens (tertiary/aromatic N) is 1. The van der Waals surface area contributed by atoms with Crippen LogP contribution in [-0.2, 0) is 20.0 Å². The fourth-order valence-electron chi connectivity index (χ4n) is 3.45. The molecule has 1 atom stereocenters. The highest BCUT2D eigenvalue weighted by Crippen LogP contribution is 2.25. The second kappa shape index (κ2) is 8.45. The van der Waals surface area contributed by atoms with Crippen molar-refractivity contribution < 1.29 is 16.8 Å². The predicted molar refractivity (Wildman–Crippen MR) is 115 cm³/mol. The highest BCUT2D eigenvalue weighted by Gasteiger charge is 2.28. The fraction of sp³-hybridized carbons (Fsp3) is 0.429. The summed E-state index contributed by atoms with van der Waals surface area (Å²) in [7, 11) is -7.31. The molecule has 0 spiro atoms. The van der Waals surface area contributed by atoms with Crippen LogP contribution in [0.15, 0.2) is 58.3 Å². The van der Waals surface area contributed by atoms with Crippen LogP contribution in [0.3, 0.4) is 0 Å². The van der Waals surface area contributed by atoms with Crippen LogP contribution >= 0.6 is 0 Å². The van der Waals surface area contributed by atoms with E-state index in [0.29, 0.717) is 30.6 Å². The van der Waals surface area contributed by atoms with Crippen LogP contribution in [0.4, 0.5) is 5.69 Å². The van der Waals surface area contributed by atoms with E-state index in [9.17, 15) is 16.8 Å². The third kappa shape index (κ3) is 4.99. The Kier molecular flexibility index (Phi) is 6.36. The van der Waals surface area contributed by atoms with E-state index in [2.05, 4.69) is 4.72 Å². The van der Waals surface area contributed by atoms with E-state index in [0.717, 1.165) is 18.4 Å². The lowest BCUT2D eigenvalue weighted by molar-refractivity contribution is 0.281. The zero-order valence-electron chi connectivity index (χ0n) is 17.0. The summed E-state index contributed by atoms with van der Waals surface area (Å²) >= 11 is 0. The van der Waals surface area contributed by atoms with Gasteiger partial charge in [-0.25, -0.2) is 16.8 Å². The lowest BCUT2D eigenvalue weighted by Gasteiger charge is -2.30. The maximum absolute atomic E-state index is 12.8. The molecule has 0 amide bonds. The minimum absolute atomic E-state index is 0.168. The van der Waals surface area contributed by atoms with Gasteiger partial charge in [0.25, 0.3) is 10.0 Å². The third-order valence-electron chi connectivity index (χ3n) is 5.22. The molecule has 1 fully saturated rings. The average Bonchev–Trinajstić information content (AvgIpc) is 2.68. The van der Waals surface area contributed by atoms with Crippen LogP contribution in [0.5, 0.6) is 0 Å². The van der Waals surface area contributed by atoms with E-state index in [1.165, 1.54) is 28.6 Å². The summed E-state index contributed by atoms with van der Waals surface area (Å²) in [6.45, 7) is 7.17. The first-order valence-corrected chi connectivity index (χ1v) is 12.7. The first-order valence-electron chi connectivity index (χ1n) is 9.82. The highest BCUT2D eigenvalue weighted by molar-refractivity contribution is 7.92. The Morgan fingerprint density at radius 1 is 0.931 bits per heavy atom. The smallest absolute Gasteiger partial charge is 0.261 e. The van der Waals surface area contributed by atoms with Crippen molar-refractivity contribution in [3.8, 4) is 0 Å². The molecule has 0 radical (unpaired) electrons. The van der Waals surface area contributed by atoms with Crippen molar-refractivity contribution in [1.82, 2.24) is 4.31 Å². The molecule has 29 heavy (non-hydrogen) atoms. The Labute approximate surface area is 174 Å². The summed E-state index contributed by atoms with van der Waals surface area (Å²) in [5, 5.41) is 0. The number of benzene rings is 2. The fourth-order valence-corrected chi connectivity index (χ4v) is 6.11. The Bertz CT molecular complexity index is 1040. The molecular weight excluding hydrogens is 408 g/mol. The molecule has 2 aromatic carbocycles. The van der Waals surface area contributed by atoms with Crippen LogP contribution < -0.4 is 4.72 Å². The monoisotopic (exact) mass is 436 g/mol. The SMILES string of the molecule is CC1CCCN(S(=O)(=O)c2ccc(NS(=O)(=O)c3ccc(C(C)C)cc3)cc2)C1. The predicted octanol–water partition coefficient (Wildman–Crippen LogP) is 4.03. The van der Waals surface area contributed by atoms with E-state index in [1.807, 2.05) is 20.8 Å². The summed E-state index contributed by atoms with van der Waals surface area (Å²) < 4.78 is 54.9. The lowest BCUT2D eigenvalue weighted by Crippen LogP contribution is -2.39. The van der Waals surface area contributed by atoms with Gasteiger partial charge in [-0.15, -0.1) is 0 Å². The molecule has 1 aliphatic rings. The van der Waals surface area contributed by atoms with Crippen molar-refractivity contribution in [3.05, 3.63) is 54.1 Å². The number of sulfonamides is 2.